The monoisotopic (exact) mass is 539 g/mol. The lowest BCUT2D eigenvalue weighted by Crippen LogP contribution is -2.42. The molecule has 1 aromatic heterocycles. The van der Waals surface area contributed by atoms with E-state index < -0.39 is 0 Å². The molecule has 0 aliphatic carbocycles. The van der Waals surface area contributed by atoms with Crippen molar-refractivity contribution >= 4 is 29.9 Å². The van der Waals surface area contributed by atoms with Crippen LogP contribution in [0.4, 0.5) is 0 Å². The molecule has 0 saturated carbocycles. The molecule has 1 fully saturated rings. The molecule has 1 atom stereocenters. The highest BCUT2D eigenvalue weighted by molar-refractivity contribution is 14.0. The number of hydrogen-bond acceptors (Lipinski definition) is 5. The Morgan fingerprint density at radius 1 is 1.13 bits per heavy atom. The Bertz CT molecular complexity index is 810. The zero-order valence-electron chi connectivity index (χ0n) is 18.6. The molecule has 2 heterocycles. The molecule has 7 nitrogen and oxygen atoms in total. The van der Waals surface area contributed by atoms with Crippen LogP contribution in [0, 0.1) is 0 Å². The molecule has 0 spiro atoms. The van der Waals surface area contributed by atoms with E-state index >= 15 is 0 Å². The molecule has 2 aromatic rings. The molecule has 31 heavy (non-hydrogen) atoms. The van der Waals surface area contributed by atoms with Crippen LogP contribution in [0.1, 0.15) is 36.9 Å². The van der Waals surface area contributed by atoms with Gasteiger partial charge < -0.3 is 20.1 Å². The summed E-state index contributed by atoms with van der Waals surface area (Å²) in [5, 5.41) is 6.88. The minimum Gasteiger partial charge on any atom is -0.497 e. The third-order valence-electron chi connectivity index (χ3n) is 5.29. The number of methoxy groups -OCH3 is 2. The van der Waals surface area contributed by atoms with Crippen molar-refractivity contribution in [1.29, 1.82) is 0 Å². The second-order valence-electron chi connectivity index (χ2n) is 7.32. The van der Waals surface area contributed by atoms with E-state index in [-0.39, 0.29) is 30.0 Å². The van der Waals surface area contributed by atoms with E-state index in [1.54, 1.807) is 20.4 Å². The Morgan fingerprint density at radius 2 is 1.94 bits per heavy atom. The predicted molar refractivity (Wildman–Crippen MR) is 136 cm³/mol. The highest BCUT2D eigenvalue weighted by atomic mass is 127. The normalized spacial score (nSPS) is 15.1. The molecule has 1 aliphatic rings. The Hall–Kier alpha value is -2.07. The lowest BCUT2D eigenvalue weighted by molar-refractivity contribution is 0.245. The molecule has 8 heteroatoms. The van der Waals surface area contributed by atoms with E-state index in [1.165, 1.54) is 18.4 Å². The van der Waals surface area contributed by atoms with Crippen molar-refractivity contribution in [2.75, 3.05) is 40.4 Å². The van der Waals surface area contributed by atoms with Gasteiger partial charge >= 0.3 is 0 Å². The minimum absolute atomic E-state index is 0. The zero-order valence-corrected chi connectivity index (χ0v) is 21.0. The maximum absolute atomic E-state index is 5.45. The average Bonchev–Trinajstić information content (AvgIpc) is 3.32. The van der Waals surface area contributed by atoms with Crippen molar-refractivity contribution in [2.45, 2.75) is 32.4 Å². The van der Waals surface area contributed by atoms with Gasteiger partial charge in [-0.15, -0.1) is 24.0 Å². The number of ether oxygens (including phenoxy) is 2. The number of benzene rings is 1. The molecule has 170 valence electrons. The molecular weight excluding hydrogens is 505 g/mol. The van der Waals surface area contributed by atoms with E-state index in [0.717, 1.165) is 43.5 Å². The molecule has 1 saturated heterocycles. The Kier molecular flexibility index (Phi) is 10.9. The van der Waals surface area contributed by atoms with Crippen LogP contribution < -0.4 is 20.1 Å². The summed E-state index contributed by atoms with van der Waals surface area (Å²) in [7, 11) is 3.33. The fraction of sp³-hybridized carbons (Fsp3) is 0.478. The standard InChI is InChI=1S/C23H33N5O2.HI/c1-4-24-23(26-16-18-10-11-22(30-3)25-15-18)27-17-21(28-12-5-6-13-28)19-8-7-9-20(14-19)29-2;/h7-11,14-15,21H,4-6,12-13,16-17H2,1-3H3,(H2,24,26,27);1H. The maximum Gasteiger partial charge on any atom is 0.212 e. The van der Waals surface area contributed by atoms with E-state index in [0.29, 0.717) is 12.4 Å². The molecule has 0 bridgehead atoms. The number of rotatable bonds is 9. The van der Waals surface area contributed by atoms with Gasteiger partial charge in [-0.3, -0.25) is 4.90 Å². The minimum atomic E-state index is 0. The van der Waals surface area contributed by atoms with Gasteiger partial charge in [-0.2, -0.15) is 0 Å². The fourth-order valence-corrected chi connectivity index (χ4v) is 3.69. The molecule has 1 unspecified atom stereocenters. The largest absolute Gasteiger partial charge is 0.497 e. The van der Waals surface area contributed by atoms with Crippen LogP contribution in [0.2, 0.25) is 0 Å². The van der Waals surface area contributed by atoms with Crippen LogP contribution in [-0.4, -0.2) is 56.2 Å². The van der Waals surface area contributed by atoms with Crippen molar-refractivity contribution in [3.05, 3.63) is 53.7 Å². The Labute approximate surface area is 202 Å². The summed E-state index contributed by atoms with van der Waals surface area (Å²) in [5.41, 5.74) is 2.30. The first-order valence-corrected chi connectivity index (χ1v) is 10.6. The first kappa shape index (κ1) is 25.2. The Morgan fingerprint density at radius 3 is 2.58 bits per heavy atom. The lowest BCUT2D eigenvalue weighted by atomic mass is 10.1. The summed E-state index contributed by atoms with van der Waals surface area (Å²) >= 11 is 0. The molecule has 0 radical (unpaired) electrons. The molecule has 0 amide bonds. The summed E-state index contributed by atoms with van der Waals surface area (Å²) in [6.07, 6.45) is 4.30. The van der Waals surface area contributed by atoms with E-state index in [4.69, 9.17) is 14.5 Å². The summed E-state index contributed by atoms with van der Waals surface area (Å²) < 4.78 is 10.6. The van der Waals surface area contributed by atoms with Crippen LogP contribution in [0.5, 0.6) is 11.6 Å². The summed E-state index contributed by atoms with van der Waals surface area (Å²) in [6, 6.07) is 12.5. The number of aliphatic imine (C=N–C) groups is 1. The van der Waals surface area contributed by atoms with Crippen LogP contribution in [0.15, 0.2) is 47.6 Å². The van der Waals surface area contributed by atoms with Gasteiger partial charge in [0.1, 0.15) is 5.75 Å². The van der Waals surface area contributed by atoms with Gasteiger partial charge in [-0.05, 0) is 56.1 Å². The summed E-state index contributed by atoms with van der Waals surface area (Å²) in [5.74, 6) is 2.31. The maximum atomic E-state index is 5.45. The van der Waals surface area contributed by atoms with Crippen molar-refractivity contribution in [3.8, 4) is 11.6 Å². The SMILES string of the molecule is CCNC(=NCc1ccc(OC)nc1)NCC(c1cccc(OC)c1)N1CCCC1.I. The third kappa shape index (κ3) is 7.53. The number of hydrogen-bond donors (Lipinski definition) is 2. The smallest absolute Gasteiger partial charge is 0.212 e. The molecule has 3 rings (SSSR count). The van der Waals surface area contributed by atoms with Gasteiger partial charge in [0.15, 0.2) is 5.96 Å². The van der Waals surface area contributed by atoms with Crippen LogP contribution in [0.3, 0.4) is 0 Å². The first-order chi connectivity index (χ1) is 14.7. The number of pyridine rings is 1. The summed E-state index contributed by atoms with van der Waals surface area (Å²) in [4.78, 5) is 11.5. The van der Waals surface area contributed by atoms with Gasteiger partial charge in [-0.25, -0.2) is 9.98 Å². The average molecular weight is 539 g/mol. The van der Waals surface area contributed by atoms with Gasteiger partial charge in [-0.1, -0.05) is 18.2 Å². The number of nitrogens with one attached hydrogen (secondary N) is 2. The van der Waals surface area contributed by atoms with Gasteiger partial charge in [0.05, 0.1) is 26.8 Å². The van der Waals surface area contributed by atoms with Gasteiger partial charge in [0.25, 0.3) is 0 Å². The van der Waals surface area contributed by atoms with E-state index in [1.807, 2.05) is 18.2 Å². The van der Waals surface area contributed by atoms with Crippen LogP contribution in [0.25, 0.3) is 0 Å². The highest BCUT2D eigenvalue weighted by Gasteiger charge is 2.24. The predicted octanol–water partition coefficient (Wildman–Crippen LogP) is 3.61. The lowest BCUT2D eigenvalue weighted by Gasteiger charge is -2.29. The van der Waals surface area contributed by atoms with Crippen LogP contribution >= 0.6 is 24.0 Å². The van der Waals surface area contributed by atoms with Crippen molar-refractivity contribution in [2.24, 2.45) is 4.99 Å². The quantitative estimate of drug-likeness (QED) is 0.288. The second-order valence-corrected chi connectivity index (χ2v) is 7.32. The topological polar surface area (TPSA) is 71.0 Å². The number of likely N-dealkylation sites (tertiary alicyclic amines) is 1. The fourth-order valence-electron chi connectivity index (χ4n) is 3.69. The van der Waals surface area contributed by atoms with E-state index in [9.17, 15) is 0 Å². The van der Waals surface area contributed by atoms with Gasteiger partial charge in [0, 0.05) is 25.4 Å². The van der Waals surface area contributed by atoms with Gasteiger partial charge in [0.2, 0.25) is 5.88 Å². The van der Waals surface area contributed by atoms with Crippen molar-refractivity contribution in [3.63, 3.8) is 0 Å². The highest BCUT2D eigenvalue weighted by Crippen LogP contribution is 2.27. The van der Waals surface area contributed by atoms with Crippen molar-refractivity contribution < 1.29 is 9.47 Å². The number of guanidine groups is 1. The third-order valence-corrected chi connectivity index (χ3v) is 5.29. The molecular formula is C23H34IN5O2. The Balaban J connectivity index is 0.00000341. The van der Waals surface area contributed by atoms with Crippen LogP contribution in [-0.2, 0) is 6.54 Å². The van der Waals surface area contributed by atoms with Crippen molar-refractivity contribution in [1.82, 2.24) is 20.5 Å². The molecule has 1 aliphatic heterocycles. The van der Waals surface area contributed by atoms with E-state index in [2.05, 4.69) is 45.6 Å². The first-order valence-electron chi connectivity index (χ1n) is 10.6. The number of nitrogens with zero attached hydrogens (tertiary/aromatic N) is 3. The number of aromatic nitrogens is 1. The number of halogens is 1. The molecule has 2 N–H and O–H groups in total. The second kappa shape index (κ2) is 13.4. The summed E-state index contributed by atoms with van der Waals surface area (Å²) in [6.45, 7) is 6.45. The molecule has 1 aromatic carbocycles. The zero-order chi connectivity index (χ0) is 21.2.